The Labute approximate surface area is 153 Å². The van der Waals surface area contributed by atoms with Gasteiger partial charge in [-0.3, -0.25) is 9.55 Å². The summed E-state index contributed by atoms with van der Waals surface area (Å²) in [7, 11) is 0. The summed E-state index contributed by atoms with van der Waals surface area (Å²) in [6.45, 7) is 1.70. The van der Waals surface area contributed by atoms with Crippen LogP contribution in [0, 0.1) is 5.82 Å². The Kier molecular flexibility index (Phi) is 4.40. The minimum atomic E-state index is -0.396. The van der Waals surface area contributed by atoms with E-state index in [1.807, 2.05) is 22.9 Å². The second-order valence-corrected chi connectivity index (χ2v) is 6.73. The van der Waals surface area contributed by atoms with Crippen LogP contribution in [0.4, 0.5) is 4.39 Å². The number of hydrogen-bond donors (Lipinski definition) is 1. The van der Waals surface area contributed by atoms with Crippen molar-refractivity contribution >= 4 is 22.4 Å². The number of pyridine rings is 1. The van der Waals surface area contributed by atoms with Crippen molar-refractivity contribution in [2.45, 2.75) is 19.6 Å². The standard InChI is InChI=1S/C19H16FN3O2S/c1-12(15-4-2-3-5-16(15)20)25-14-7-19(26-10-14)23-11-22-17-6-13(9-24)21-8-18(17)23/h2-8,10-12,24H,9H2,1H3. The Bertz CT molecular complexity index is 1060. The van der Waals surface area contributed by atoms with Gasteiger partial charge < -0.3 is 9.84 Å². The smallest absolute Gasteiger partial charge is 0.133 e. The number of thiophene rings is 1. The molecule has 0 radical (unpaired) electrons. The van der Waals surface area contributed by atoms with Crippen LogP contribution in [0.5, 0.6) is 5.75 Å². The Morgan fingerprint density at radius 1 is 1.27 bits per heavy atom. The van der Waals surface area contributed by atoms with E-state index in [2.05, 4.69) is 9.97 Å². The number of imidazole rings is 1. The maximum absolute atomic E-state index is 13.9. The molecule has 26 heavy (non-hydrogen) atoms. The number of benzene rings is 1. The summed E-state index contributed by atoms with van der Waals surface area (Å²) < 4.78 is 21.7. The van der Waals surface area contributed by atoms with Crippen molar-refractivity contribution in [3.8, 4) is 10.8 Å². The fraction of sp³-hybridized carbons (Fsp3) is 0.158. The van der Waals surface area contributed by atoms with Gasteiger partial charge in [0.15, 0.2) is 0 Å². The van der Waals surface area contributed by atoms with Gasteiger partial charge in [0.1, 0.15) is 29.0 Å². The van der Waals surface area contributed by atoms with Crippen molar-refractivity contribution < 1.29 is 14.2 Å². The molecule has 3 heterocycles. The molecule has 0 saturated carbocycles. The molecule has 7 heteroatoms. The molecule has 1 unspecified atom stereocenters. The van der Waals surface area contributed by atoms with Crippen molar-refractivity contribution in [2.75, 3.05) is 0 Å². The van der Waals surface area contributed by atoms with E-state index in [-0.39, 0.29) is 12.4 Å². The lowest BCUT2D eigenvalue weighted by Gasteiger charge is -2.14. The number of nitrogens with zero attached hydrogens (tertiary/aromatic N) is 3. The number of hydrogen-bond acceptors (Lipinski definition) is 5. The minimum Gasteiger partial charge on any atom is -0.485 e. The summed E-state index contributed by atoms with van der Waals surface area (Å²) >= 11 is 1.50. The zero-order chi connectivity index (χ0) is 18.1. The first kappa shape index (κ1) is 16.7. The van der Waals surface area contributed by atoms with E-state index in [9.17, 15) is 9.50 Å². The van der Waals surface area contributed by atoms with Crippen LogP contribution in [0.25, 0.3) is 16.0 Å². The summed E-state index contributed by atoms with van der Waals surface area (Å²) in [5.41, 5.74) is 2.71. The normalized spacial score (nSPS) is 12.4. The van der Waals surface area contributed by atoms with Crippen molar-refractivity contribution in [1.82, 2.24) is 14.5 Å². The van der Waals surface area contributed by atoms with E-state index in [1.54, 1.807) is 36.8 Å². The first-order chi connectivity index (χ1) is 12.7. The lowest BCUT2D eigenvalue weighted by molar-refractivity contribution is 0.222. The Morgan fingerprint density at radius 3 is 2.92 bits per heavy atom. The zero-order valence-electron chi connectivity index (χ0n) is 14.0. The summed E-state index contributed by atoms with van der Waals surface area (Å²) in [6, 6.07) is 10.3. The molecular weight excluding hydrogens is 353 g/mol. The molecule has 5 nitrogen and oxygen atoms in total. The van der Waals surface area contributed by atoms with Crippen LogP contribution >= 0.6 is 11.3 Å². The van der Waals surface area contributed by atoms with Crippen molar-refractivity contribution in [2.24, 2.45) is 0 Å². The van der Waals surface area contributed by atoms with E-state index >= 15 is 0 Å². The molecule has 4 rings (SSSR count). The lowest BCUT2D eigenvalue weighted by atomic mass is 10.1. The Morgan fingerprint density at radius 2 is 2.12 bits per heavy atom. The monoisotopic (exact) mass is 369 g/mol. The predicted octanol–water partition coefficient (Wildman–Crippen LogP) is 4.25. The topological polar surface area (TPSA) is 60.2 Å². The molecule has 0 fully saturated rings. The first-order valence-electron chi connectivity index (χ1n) is 8.08. The van der Waals surface area contributed by atoms with Gasteiger partial charge in [-0.15, -0.1) is 11.3 Å². The summed E-state index contributed by atoms with van der Waals surface area (Å²) in [5.74, 6) is 0.393. The SMILES string of the molecule is CC(Oc1csc(-n2cnc3cc(CO)ncc32)c1)c1ccccc1F. The van der Waals surface area contributed by atoms with Crippen LogP contribution in [0.15, 0.2) is 54.3 Å². The molecule has 0 aliphatic rings. The number of fused-ring (bicyclic) bond motifs is 1. The number of halogens is 1. The van der Waals surface area contributed by atoms with Crippen molar-refractivity contribution in [3.63, 3.8) is 0 Å². The molecule has 1 atom stereocenters. The molecule has 0 aliphatic carbocycles. The van der Waals surface area contributed by atoms with Gasteiger partial charge in [-0.1, -0.05) is 18.2 Å². The van der Waals surface area contributed by atoms with E-state index in [4.69, 9.17) is 4.74 Å². The molecule has 0 saturated heterocycles. The Balaban J connectivity index is 1.59. The fourth-order valence-corrected chi connectivity index (χ4v) is 3.58. The van der Waals surface area contributed by atoms with Gasteiger partial charge in [-0.05, 0) is 19.1 Å². The number of aromatic nitrogens is 3. The third kappa shape index (κ3) is 3.07. The van der Waals surface area contributed by atoms with Crippen molar-refractivity contribution in [1.29, 1.82) is 0 Å². The maximum Gasteiger partial charge on any atom is 0.133 e. The zero-order valence-corrected chi connectivity index (χ0v) is 14.8. The third-order valence-corrected chi connectivity index (χ3v) is 5.01. The van der Waals surface area contributed by atoms with Gasteiger partial charge in [-0.2, -0.15) is 0 Å². The van der Waals surface area contributed by atoms with Gasteiger partial charge in [0.05, 0.1) is 29.5 Å². The number of ether oxygens (including phenoxy) is 1. The van der Waals surface area contributed by atoms with Crippen LogP contribution < -0.4 is 4.74 Å². The quantitative estimate of drug-likeness (QED) is 0.571. The minimum absolute atomic E-state index is 0.117. The largest absolute Gasteiger partial charge is 0.485 e. The molecule has 0 spiro atoms. The van der Waals surface area contributed by atoms with Crippen molar-refractivity contribution in [3.05, 3.63) is 71.4 Å². The van der Waals surface area contributed by atoms with E-state index < -0.39 is 6.10 Å². The van der Waals surface area contributed by atoms with E-state index in [1.165, 1.54) is 17.4 Å². The van der Waals surface area contributed by atoms with E-state index in [0.29, 0.717) is 17.0 Å². The summed E-state index contributed by atoms with van der Waals surface area (Å²) in [6.07, 6.45) is 3.01. The number of rotatable bonds is 5. The summed E-state index contributed by atoms with van der Waals surface area (Å²) in [4.78, 5) is 8.57. The molecule has 0 bridgehead atoms. The molecule has 1 N–H and O–H groups in total. The maximum atomic E-state index is 13.9. The molecular formula is C19H16FN3O2S. The van der Waals surface area contributed by atoms with Crippen LogP contribution in [-0.4, -0.2) is 19.6 Å². The highest BCUT2D eigenvalue weighted by molar-refractivity contribution is 7.12. The van der Waals surface area contributed by atoms with Crippen LogP contribution in [0.2, 0.25) is 0 Å². The first-order valence-corrected chi connectivity index (χ1v) is 8.96. The predicted molar refractivity (Wildman–Crippen MR) is 98.1 cm³/mol. The molecule has 0 amide bonds. The molecule has 4 aromatic rings. The van der Waals surface area contributed by atoms with E-state index in [0.717, 1.165) is 16.0 Å². The van der Waals surface area contributed by atoms with Gasteiger partial charge in [0.25, 0.3) is 0 Å². The third-order valence-electron chi connectivity index (χ3n) is 4.11. The highest BCUT2D eigenvalue weighted by atomic mass is 32.1. The number of aliphatic hydroxyl groups is 1. The Hall–Kier alpha value is -2.77. The molecule has 1 aromatic carbocycles. The second-order valence-electron chi connectivity index (χ2n) is 5.84. The number of aliphatic hydroxyl groups excluding tert-OH is 1. The molecule has 0 aliphatic heterocycles. The highest BCUT2D eigenvalue weighted by Crippen LogP contribution is 2.31. The van der Waals surface area contributed by atoms with Crippen LogP contribution in [0.3, 0.4) is 0 Å². The van der Waals surface area contributed by atoms with Crippen LogP contribution in [-0.2, 0) is 6.61 Å². The molecule has 3 aromatic heterocycles. The fourth-order valence-electron chi connectivity index (χ4n) is 2.78. The average molecular weight is 369 g/mol. The molecule has 132 valence electrons. The van der Waals surface area contributed by atoms with Crippen LogP contribution in [0.1, 0.15) is 24.3 Å². The average Bonchev–Trinajstić information content (AvgIpc) is 3.27. The van der Waals surface area contributed by atoms with Gasteiger partial charge in [-0.25, -0.2) is 9.37 Å². The second kappa shape index (κ2) is 6.86. The van der Waals surface area contributed by atoms with Gasteiger partial charge >= 0.3 is 0 Å². The lowest BCUT2D eigenvalue weighted by Crippen LogP contribution is -2.04. The summed E-state index contributed by atoms with van der Waals surface area (Å²) in [5, 5.41) is 12.0. The van der Waals surface area contributed by atoms with Gasteiger partial charge in [0, 0.05) is 17.0 Å². The highest BCUT2D eigenvalue weighted by Gasteiger charge is 2.14. The van der Waals surface area contributed by atoms with Gasteiger partial charge in [0.2, 0.25) is 0 Å².